The molecule has 0 saturated carbocycles. The Morgan fingerprint density at radius 2 is 2.26 bits per heavy atom. The summed E-state index contributed by atoms with van der Waals surface area (Å²) in [7, 11) is 1.88. The van der Waals surface area contributed by atoms with E-state index in [4.69, 9.17) is 0 Å². The van der Waals surface area contributed by atoms with Gasteiger partial charge in [-0.1, -0.05) is 12.1 Å². The first-order valence-electron chi connectivity index (χ1n) is 8.90. The lowest BCUT2D eigenvalue weighted by Crippen LogP contribution is -2.41. The third kappa shape index (κ3) is 3.50. The zero-order valence-electron chi connectivity index (χ0n) is 14.9. The Morgan fingerprint density at radius 1 is 1.37 bits per heavy atom. The van der Waals surface area contributed by atoms with Gasteiger partial charge in [-0.15, -0.1) is 16.4 Å². The van der Waals surface area contributed by atoms with Crippen LogP contribution in [0.3, 0.4) is 0 Å². The van der Waals surface area contributed by atoms with Crippen LogP contribution in [-0.4, -0.2) is 51.8 Å². The zero-order chi connectivity index (χ0) is 18.8. The van der Waals surface area contributed by atoms with Crippen molar-refractivity contribution < 1.29 is 9.18 Å². The van der Waals surface area contributed by atoms with Crippen molar-refractivity contribution in [3.05, 3.63) is 53.4 Å². The fourth-order valence-electron chi connectivity index (χ4n) is 3.44. The summed E-state index contributed by atoms with van der Waals surface area (Å²) in [5.74, 6) is 0.149. The summed E-state index contributed by atoms with van der Waals surface area (Å²) in [4.78, 5) is 20.3. The van der Waals surface area contributed by atoms with E-state index in [2.05, 4.69) is 15.4 Å². The standard InChI is InChI=1S/C19H20FN5OS/c1-21-12-15-7-3-9-24(15)19(26)17-22-18(16-8-4-10-27-16)25(23-17)14-6-2-5-13(20)11-14/h2,4-6,8,10-11,15,21H,3,7,9,12H2,1H3. The molecule has 27 heavy (non-hydrogen) atoms. The molecule has 0 spiro atoms. The number of likely N-dealkylation sites (tertiary alicyclic amines) is 1. The van der Waals surface area contributed by atoms with Crippen molar-refractivity contribution in [2.75, 3.05) is 20.1 Å². The fraction of sp³-hybridized carbons (Fsp3) is 0.316. The number of nitrogens with zero attached hydrogens (tertiary/aromatic N) is 4. The van der Waals surface area contributed by atoms with E-state index in [9.17, 15) is 9.18 Å². The van der Waals surface area contributed by atoms with Gasteiger partial charge in [-0.25, -0.2) is 14.1 Å². The SMILES string of the molecule is CNCC1CCCN1C(=O)c1nc(-c2cccs2)n(-c2cccc(F)c2)n1. The summed E-state index contributed by atoms with van der Waals surface area (Å²) in [5.41, 5.74) is 0.540. The summed E-state index contributed by atoms with van der Waals surface area (Å²) in [5, 5.41) is 9.52. The average molecular weight is 385 g/mol. The van der Waals surface area contributed by atoms with E-state index < -0.39 is 0 Å². The second-order valence-corrected chi connectivity index (χ2v) is 7.43. The predicted octanol–water partition coefficient (Wildman–Crippen LogP) is 2.96. The summed E-state index contributed by atoms with van der Waals surface area (Å²) < 4.78 is 15.3. The highest BCUT2D eigenvalue weighted by Crippen LogP contribution is 2.27. The van der Waals surface area contributed by atoms with Gasteiger partial charge in [-0.3, -0.25) is 4.79 Å². The number of benzene rings is 1. The molecule has 6 nitrogen and oxygen atoms in total. The van der Waals surface area contributed by atoms with Gasteiger partial charge in [0.2, 0.25) is 5.82 Å². The lowest BCUT2D eigenvalue weighted by Gasteiger charge is -2.23. The normalized spacial score (nSPS) is 16.8. The van der Waals surface area contributed by atoms with Gasteiger partial charge in [-0.2, -0.15) is 0 Å². The summed E-state index contributed by atoms with van der Waals surface area (Å²) in [6, 6.07) is 10.1. The van der Waals surface area contributed by atoms with Gasteiger partial charge in [0.15, 0.2) is 5.82 Å². The molecule has 1 aliphatic heterocycles. The van der Waals surface area contributed by atoms with Gasteiger partial charge in [0.05, 0.1) is 10.6 Å². The van der Waals surface area contributed by atoms with E-state index in [0.717, 1.165) is 24.3 Å². The second-order valence-electron chi connectivity index (χ2n) is 6.48. The minimum Gasteiger partial charge on any atom is -0.332 e. The molecule has 4 rings (SSSR count). The van der Waals surface area contributed by atoms with Crippen molar-refractivity contribution >= 4 is 17.2 Å². The molecule has 0 aliphatic carbocycles. The van der Waals surface area contributed by atoms with Crippen LogP contribution in [-0.2, 0) is 0 Å². The summed E-state index contributed by atoms with van der Waals surface area (Å²) >= 11 is 1.50. The molecule has 1 unspecified atom stereocenters. The molecule has 1 fully saturated rings. The lowest BCUT2D eigenvalue weighted by molar-refractivity contribution is 0.0725. The van der Waals surface area contributed by atoms with Crippen LogP contribution in [0.4, 0.5) is 4.39 Å². The van der Waals surface area contributed by atoms with Crippen LogP contribution in [0.25, 0.3) is 16.4 Å². The van der Waals surface area contributed by atoms with Crippen LogP contribution >= 0.6 is 11.3 Å². The number of carbonyl (C=O) groups excluding carboxylic acids is 1. The van der Waals surface area contributed by atoms with Crippen LogP contribution in [0.2, 0.25) is 0 Å². The number of thiophene rings is 1. The van der Waals surface area contributed by atoms with E-state index in [1.54, 1.807) is 16.8 Å². The molecular weight excluding hydrogens is 365 g/mol. The van der Waals surface area contributed by atoms with E-state index in [1.807, 2.05) is 29.5 Å². The first-order valence-corrected chi connectivity index (χ1v) is 9.78. The molecule has 3 aromatic rings. The number of hydrogen-bond donors (Lipinski definition) is 1. The van der Waals surface area contributed by atoms with Gasteiger partial charge in [0.1, 0.15) is 5.82 Å². The quantitative estimate of drug-likeness (QED) is 0.734. The second kappa shape index (κ2) is 7.58. The maximum absolute atomic E-state index is 13.7. The zero-order valence-corrected chi connectivity index (χ0v) is 15.7. The lowest BCUT2D eigenvalue weighted by atomic mass is 10.2. The maximum atomic E-state index is 13.7. The Hall–Kier alpha value is -2.58. The topological polar surface area (TPSA) is 63.1 Å². The molecule has 1 aliphatic rings. The van der Waals surface area contributed by atoms with E-state index in [0.29, 0.717) is 18.1 Å². The highest BCUT2D eigenvalue weighted by molar-refractivity contribution is 7.13. The molecule has 3 heterocycles. The van der Waals surface area contributed by atoms with Crippen molar-refractivity contribution in [1.29, 1.82) is 0 Å². The molecule has 2 aromatic heterocycles. The smallest absolute Gasteiger partial charge is 0.293 e. The van der Waals surface area contributed by atoms with Gasteiger partial charge in [-0.05, 0) is 49.5 Å². The van der Waals surface area contributed by atoms with Crippen LogP contribution in [0.1, 0.15) is 23.5 Å². The minimum atomic E-state index is -0.360. The van der Waals surface area contributed by atoms with E-state index in [-0.39, 0.29) is 23.6 Å². The molecular formula is C19H20FN5OS. The minimum absolute atomic E-state index is 0.144. The van der Waals surface area contributed by atoms with E-state index >= 15 is 0 Å². The van der Waals surface area contributed by atoms with Crippen molar-refractivity contribution in [2.24, 2.45) is 0 Å². The monoisotopic (exact) mass is 385 g/mol. The Balaban J connectivity index is 1.74. The van der Waals surface area contributed by atoms with Gasteiger partial charge < -0.3 is 10.2 Å². The molecule has 8 heteroatoms. The first-order chi connectivity index (χ1) is 13.2. The number of nitrogens with one attached hydrogen (secondary N) is 1. The highest BCUT2D eigenvalue weighted by Gasteiger charge is 2.32. The van der Waals surface area contributed by atoms with Crippen molar-refractivity contribution in [3.8, 4) is 16.4 Å². The third-order valence-corrected chi connectivity index (χ3v) is 5.54. The van der Waals surface area contributed by atoms with E-state index in [1.165, 1.54) is 23.5 Å². The molecule has 0 bridgehead atoms. The van der Waals surface area contributed by atoms with Crippen molar-refractivity contribution in [2.45, 2.75) is 18.9 Å². The number of amides is 1. The number of halogens is 1. The summed E-state index contributed by atoms with van der Waals surface area (Å²) in [6.07, 6.45) is 1.94. The van der Waals surface area contributed by atoms with Gasteiger partial charge in [0.25, 0.3) is 5.91 Å². The van der Waals surface area contributed by atoms with Crippen LogP contribution in [0.15, 0.2) is 41.8 Å². The van der Waals surface area contributed by atoms with Crippen LogP contribution in [0.5, 0.6) is 0 Å². The van der Waals surface area contributed by atoms with Gasteiger partial charge in [0, 0.05) is 19.1 Å². The van der Waals surface area contributed by atoms with Crippen molar-refractivity contribution in [3.63, 3.8) is 0 Å². The molecule has 1 N–H and O–H groups in total. The first kappa shape index (κ1) is 17.8. The molecule has 1 atom stereocenters. The maximum Gasteiger partial charge on any atom is 0.293 e. The Morgan fingerprint density at radius 3 is 3.00 bits per heavy atom. The number of aromatic nitrogens is 3. The Labute approximate surface area is 160 Å². The number of hydrogen-bond acceptors (Lipinski definition) is 5. The average Bonchev–Trinajstić information content (AvgIpc) is 3.41. The van der Waals surface area contributed by atoms with Crippen LogP contribution in [0, 0.1) is 5.82 Å². The highest BCUT2D eigenvalue weighted by atomic mass is 32.1. The molecule has 1 amide bonds. The molecule has 1 aromatic carbocycles. The number of carbonyl (C=O) groups is 1. The number of rotatable bonds is 5. The molecule has 0 radical (unpaired) electrons. The molecule has 1 saturated heterocycles. The van der Waals surface area contributed by atoms with Crippen LogP contribution < -0.4 is 5.32 Å². The third-order valence-electron chi connectivity index (χ3n) is 4.67. The summed E-state index contributed by atoms with van der Waals surface area (Å²) in [6.45, 7) is 1.45. The van der Waals surface area contributed by atoms with Crippen molar-refractivity contribution in [1.82, 2.24) is 25.0 Å². The number of likely N-dealkylation sites (N-methyl/N-ethyl adjacent to an activating group) is 1. The molecule has 140 valence electrons. The fourth-order valence-corrected chi connectivity index (χ4v) is 4.13. The van der Waals surface area contributed by atoms with Gasteiger partial charge >= 0.3 is 0 Å². The Kier molecular flexibility index (Phi) is 5.00. The predicted molar refractivity (Wildman–Crippen MR) is 103 cm³/mol. The largest absolute Gasteiger partial charge is 0.332 e. The Bertz CT molecular complexity index is 939.